The van der Waals surface area contributed by atoms with E-state index in [1.165, 1.54) is 0 Å². The van der Waals surface area contributed by atoms with Crippen molar-refractivity contribution in [2.24, 2.45) is 17.4 Å². The molecule has 1 aliphatic heterocycles. The molecule has 0 bridgehead atoms. The number of amides is 1. The molecular weight excluding hydrogens is 238 g/mol. The molecule has 0 radical (unpaired) electrons. The molecule has 1 aliphatic rings. The molecule has 0 aromatic carbocycles. The molecule has 18 heavy (non-hydrogen) atoms. The lowest BCUT2D eigenvalue weighted by Crippen LogP contribution is -2.63. The molecule has 102 valence electrons. The molecule has 1 unspecified atom stereocenters. The summed E-state index contributed by atoms with van der Waals surface area (Å²) in [4.78, 5) is 35.2. The van der Waals surface area contributed by atoms with Gasteiger partial charge in [0, 0.05) is 0 Å². The number of carbonyl (C=O) groups is 3. The summed E-state index contributed by atoms with van der Waals surface area (Å²) in [6.45, 7) is 3.43. The number of ketones is 2. The van der Waals surface area contributed by atoms with Crippen LogP contribution in [0.25, 0.3) is 0 Å². The minimum absolute atomic E-state index is 0.183. The summed E-state index contributed by atoms with van der Waals surface area (Å²) in [5.41, 5.74) is 9.73. The molecule has 7 nitrogen and oxygen atoms in total. The van der Waals surface area contributed by atoms with Crippen LogP contribution in [0.2, 0.25) is 0 Å². The Morgan fingerprint density at radius 2 is 2.06 bits per heavy atom. The molecular formula is C11H19N3O4. The van der Waals surface area contributed by atoms with Gasteiger partial charge in [0.2, 0.25) is 0 Å². The zero-order chi connectivity index (χ0) is 14.1. The SMILES string of the molecule is CC(C)C[C@H](N)C(=O)C1(N)CC(=O)CN1C(=O)O. The van der Waals surface area contributed by atoms with Gasteiger partial charge in [-0.15, -0.1) is 0 Å². The number of nitrogens with zero attached hydrogens (tertiary/aromatic N) is 1. The van der Waals surface area contributed by atoms with E-state index in [2.05, 4.69) is 0 Å². The molecule has 0 aromatic rings. The van der Waals surface area contributed by atoms with Gasteiger partial charge in [-0.25, -0.2) is 4.79 Å². The van der Waals surface area contributed by atoms with Crippen LogP contribution in [0.3, 0.4) is 0 Å². The molecule has 0 saturated carbocycles. The topological polar surface area (TPSA) is 127 Å². The Balaban J connectivity index is 2.93. The van der Waals surface area contributed by atoms with Crippen molar-refractivity contribution < 1.29 is 19.5 Å². The Morgan fingerprint density at radius 3 is 2.50 bits per heavy atom. The number of hydrogen-bond donors (Lipinski definition) is 3. The first-order valence-corrected chi connectivity index (χ1v) is 5.79. The van der Waals surface area contributed by atoms with E-state index in [1.54, 1.807) is 0 Å². The van der Waals surface area contributed by atoms with E-state index in [1.807, 2.05) is 13.8 Å². The lowest BCUT2D eigenvalue weighted by molar-refractivity contribution is -0.130. The van der Waals surface area contributed by atoms with Crippen LogP contribution in [0.4, 0.5) is 4.79 Å². The van der Waals surface area contributed by atoms with Crippen LogP contribution in [0.5, 0.6) is 0 Å². The summed E-state index contributed by atoms with van der Waals surface area (Å²) in [7, 11) is 0. The summed E-state index contributed by atoms with van der Waals surface area (Å²) in [6.07, 6.45) is -1.28. The van der Waals surface area contributed by atoms with Gasteiger partial charge in [-0.2, -0.15) is 0 Å². The lowest BCUT2D eigenvalue weighted by atomic mass is 9.91. The molecule has 0 aromatic heterocycles. The summed E-state index contributed by atoms with van der Waals surface area (Å²) in [6, 6.07) is -0.859. The van der Waals surface area contributed by atoms with Gasteiger partial charge in [-0.05, 0) is 12.3 Å². The van der Waals surface area contributed by atoms with E-state index in [9.17, 15) is 14.4 Å². The Hall–Kier alpha value is -1.47. The summed E-state index contributed by atoms with van der Waals surface area (Å²) in [5, 5.41) is 8.98. The lowest BCUT2D eigenvalue weighted by Gasteiger charge is -2.32. The van der Waals surface area contributed by atoms with Crippen molar-refractivity contribution in [2.45, 2.75) is 38.4 Å². The summed E-state index contributed by atoms with van der Waals surface area (Å²) in [5.74, 6) is -0.780. The Kier molecular flexibility index (Phi) is 4.08. The van der Waals surface area contributed by atoms with Crippen LogP contribution < -0.4 is 11.5 Å². The maximum absolute atomic E-state index is 12.2. The third kappa shape index (κ3) is 2.68. The van der Waals surface area contributed by atoms with E-state index >= 15 is 0 Å². The zero-order valence-electron chi connectivity index (χ0n) is 10.5. The number of Topliss-reactive ketones (excluding diaryl/α,β-unsaturated/α-hetero) is 2. The third-order valence-electron chi connectivity index (χ3n) is 3.00. The fraction of sp³-hybridized carbons (Fsp3) is 0.727. The quantitative estimate of drug-likeness (QED) is 0.625. The highest BCUT2D eigenvalue weighted by molar-refractivity contribution is 6.03. The van der Waals surface area contributed by atoms with Crippen LogP contribution in [-0.4, -0.2) is 45.9 Å². The average Bonchev–Trinajstić information content (AvgIpc) is 2.53. The van der Waals surface area contributed by atoms with Crippen molar-refractivity contribution in [2.75, 3.05) is 6.54 Å². The third-order valence-corrected chi connectivity index (χ3v) is 3.00. The maximum atomic E-state index is 12.2. The fourth-order valence-corrected chi connectivity index (χ4v) is 2.16. The summed E-state index contributed by atoms with van der Waals surface area (Å²) < 4.78 is 0. The second kappa shape index (κ2) is 5.03. The van der Waals surface area contributed by atoms with Gasteiger partial charge in [-0.1, -0.05) is 13.8 Å². The standard InChI is InChI=1S/C11H19N3O4/c1-6(2)3-8(12)9(16)11(13)4-7(15)5-14(11)10(17)18/h6,8H,3-5,12-13H2,1-2H3,(H,17,18)/t8-,11?/m0/s1. The van der Waals surface area contributed by atoms with Gasteiger partial charge in [0.15, 0.2) is 17.2 Å². The van der Waals surface area contributed by atoms with Crippen LogP contribution in [-0.2, 0) is 9.59 Å². The molecule has 0 aliphatic carbocycles. The number of nitrogens with two attached hydrogens (primary N) is 2. The van der Waals surface area contributed by atoms with E-state index in [4.69, 9.17) is 16.6 Å². The van der Waals surface area contributed by atoms with Crippen molar-refractivity contribution >= 4 is 17.7 Å². The van der Waals surface area contributed by atoms with Crippen molar-refractivity contribution in [3.05, 3.63) is 0 Å². The highest BCUT2D eigenvalue weighted by Crippen LogP contribution is 2.25. The van der Waals surface area contributed by atoms with E-state index in [-0.39, 0.29) is 24.7 Å². The Bertz CT molecular complexity index is 382. The predicted molar refractivity (Wildman–Crippen MR) is 63.7 cm³/mol. The second-order valence-corrected chi connectivity index (χ2v) is 5.11. The predicted octanol–water partition coefficient (Wildman–Crippen LogP) is -0.463. The molecule has 7 heteroatoms. The fourth-order valence-electron chi connectivity index (χ4n) is 2.16. The first kappa shape index (κ1) is 14.6. The summed E-state index contributed by atoms with van der Waals surface area (Å²) >= 11 is 0. The number of carbonyl (C=O) groups excluding carboxylic acids is 2. The minimum atomic E-state index is -1.81. The smallest absolute Gasteiger partial charge is 0.409 e. The van der Waals surface area contributed by atoms with Crippen LogP contribution in [0.15, 0.2) is 0 Å². The molecule has 1 amide bonds. The molecule has 2 atom stereocenters. The average molecular weight is 257 g/mol. The van der Waals surface area contributed by atoms with Crippen LogP contribution >= 0.6 is 0 Å². The Morgan fingerprint density at radius 1 is 1.50 bits per heavy atom. The number of carboxylic acid groups (broad SMARTS) is 1. The largest absolute Gasteiger partial charge is 0.465 e. The Labute approximate surface area is 105 Å². The van der Waals surface area contributed by atoms with Crippen molar-refractivity contribution in [1.82, 2.24) is 4.90 Å². The van der Waals surface area contributed by atoms with Crippen LogP contribution in [0, 0.1) is 5.92 Å². The monoisotopic (exact) mass is 257 g/mol. The number of hydrogen-bond acceptors (Lipinski definition) is 5. The van der Waals surface area contributed by atoms with Gasteiger partial charge < -0.3 is 16.6 Å². The van der Waals surface area contributed by atoms with Gasteiger partial charge >= 0.3 is 6.09 Å². The molecule has 1 heterocycles. The van der Waals surface area contributed by atoms with Gasteiger partial charge in [0.25, 0.3) is 0 Å². The van der Waals surface area contributed by atoms with Crippen molar-refractivity contribution in [3.8, 4) is 0 Å². The first-order valence-electron chi connectivity index (χ1n) is 5.79. The molecule has 1 fully saturated rings. The van der Waals surface area contributed by atoms with E-state index in [0.29, 0.717) is 11.3 Å². The van der Waals surface area contributed by atoms with E-state index < -0.39 is 23.6 Å². The van der Waals surface area contributed by atoms with Gasteiger partial charge in [-0.3, -0.25) is 14.5 Å². The number of likely N-dealkylation sites (tertiary alicyclic amines) is 1. The number of rotatable bonds is 4. The zero-order valence-corrected chi connectivity index (χ0v) is 10.5. The van der Waals surface area contributed by atoms with Crippen LogP contribution in [0.1, 0.15) is 26.7 Å². The highest BCUT2D eigenvalue weighted by atomic mass is 16.4. The molecule has 1 rings (SSSR count). The van der Waals surface area contributed by atoms with Crippen molar-refractivity contribution in [3.63, 3.8) is 0 Å². The normalized spacial score (nSPS) is 25.6. The highest BCUT2D eigenvalue weighted by Gasteiger charge is 2.51. The maximum Gasteiger partial charge on any atom is 0.409 e. The van der Waals surface area contributed by atoms with Crippen molar-refractivity contribution in [1.29, 1.82) is 0 Å². The first-order chi connectivity index (χ1) is 8.18. The van der Waals surface area contributed by atoms with Gasteiger partial charge in [0.05, 0.1) is 19.0 Å². The molecule has 5 N–H and O–H groups in total. The van der Waals surface area contributed by atoms with E-state index in [0.717, 1.165) is 0 Å². The second-order valence-electron chi connectivity index (χ2n) is 5.11. The molecule has 1 saturated heterocycles. The molecule has 0 spiro atoms. The minimum Gasteiger partial charge on any atom is -0.465 e. The van der Waals surface area contributed by atoms with Gasteiger partial charge in [0.1, 0.15) is 0 Å².